The van der Waals surface area contributed by atoms with Crippen LogP contribution in [-0.4, -0.2) is 57.8 Å². The predicted molar refractivity (Wildman–Crippen MR) is 113 cm³/mol. The molecular formula is C20H30N6OS. The van der Waals surface area contributed by atoms with Crippen LogP contribution in [0.4, 0.5) is 5.95 Å². The van der Waals surface area contributed by atoms with E-state index in [4.69, 9.17) is 9.84 Å². The highest BCUT2D eigenvalue weighted by atomic mass is 32.2. The number of anilines is 1. The van der Waals surface area contributed by atoms with Crippen molar-refractivity contribution in [2.24, 2.45) is 0 Å². The molecule has 1 N–H and O–H groups in total. The van der Waals surface area contributed by atoms with E-state index < -0.39 is 0 Å². The maximum Gasteiger partial charge on any atom is 0.225 e. The van der Waals surface area contributed by atoms with Gasteiger partial charge in [-0.3, -0.25) is 9.40 Å². The molecule has 2 aliphatic rings. The van der Waals surface area contributed by atoms with Crippen molar-refractivity contribution in [1.29, 1.82) is 0 Å². The molecule has 2 atom stereocenters. The maximum absolute atomic E-state index is 6.41. The lowest BCUT2D eigenvalue weighted by Gasteiger charge is -2.36. The van der Waals surface area contributed by atoms with Crippen LogP contribution in [-0.2, 0) is 17.6 Å². The number of nitrogens with zero attached hydrogens (tertiary/aromatic N) is 5. The van der Waals surface area contributed by atoms with E-state index in [1.165, 1.54) is 11.4 Å². The summed E-state index contributed by atoms with van der Waals surface area (Å²) in [6, 6.07) is 4.77. The van der Waals surface area contributed by atoms with E-state index in [1.807, 2.05) is 6.07 Å². The summed E-state index contributed by atoms with van der Waals surface area (Å²) < 4.78 is 12.2. The van der Waals surface area contributed by atoms with Crippen LogP contribution < -0.4 is 9.62 Å². The molecule has 2 unspecified atom stereocenters. The number of hydrogen-bond donors (Lipinski definition) is 1. The molecule has 2 aliphatic heterocycles. The first kappa shape index (κ1) is 19.7. The van der Waals surface area contributed by atoms with E-state index in [-0.39, 0.29) is 6.04 Å². The van der Waals surface area contributed by atoms with Crippen LogP contribution in [0.1, 0.15) is 43.6 Å². The molecule has 4 rings (SSSR count). The fourth-order valence-corrected chi connectivity index (χ4v) is 4.77. The Morgan fingerprint density at radius 2 is 2.00 bits per heavy atom. The van der Waals surface area contributed by atoms with Crippen LogP contribution in [0.2, 0.25) is 0 Å². The van der Waals surface area contributed by atoms with Crippen molar-refractivity contribution in [2.75, 3.05) is 30.9 Å². The van der Waals surface area contributed by atoms with Gasteiger partial charge in [-0.25, -0.2) is 9.97 Å². The first-order valence-electron chi connectivity index (χ1n) is 10.3. The molecule has 0 bridgehead atoms. The molecule has 0 amide bonds. The van der Waals surface area contributed by atoms with Crippen molar-refractivity contribution >= 4 is 17.9 Å². The fraction of sp³-hybridized carbons (Fsp3) is 0.650. The predicted octanol–water partition coefficient (Wildman–Crippen LogP) is 2.64. The number of rotatable bonds is 7. The van der Waals surface area contributed by atoms with Crippen molar-refractivity contribution in [1.82, 2.24) is 24.5 Å². The second-order valence-electron chi connectivity index (χ2n) is 7.53. The van der Waals surface area contributed by atoms with Crippen molar-refractivity contribution in [3.05, 3.63) is 35.9 Å². The van der Waals surface area contributed by atoms with Crippen LogP contribution in [0.25, 0.3) is 0 Å². The standard InChI is InChI=1S/C20H30N6OS/c1-3-15-13-16-5-6-18(24-28-2)19(26(16)23-15)14-27-17-7-11-25(12-8-17)20-21-9-4-10-22-20/h4,9-10,13,17-19,24H,3,5-8,11-12,14H2,1-2H3. The minimum Gasteiger partial charge on any atom is -0.376 e. The molecule has 2 aromatic heterocycles. The summed E-state index contributed by atoms with van der Waals surface area (Å²) in [4.78, 5) is 11.0. The molecule has 0 aliphatic carbocycles. The highest BCUT2D eigenvalue weighted by molar-refractivity contribution is 7.96. The Morgan fingerprint density at radius 1 is 1.21 bits per heavy atom. The van der Waals surface area contributed by atoms with Gasteiger partial charge in [-0.15, -0.1) is 0 Å². The average Bonchev–Trinajstić information content (AvgIpc) is 3.18. The zero-order valence-electron chi connectivity index (χ0n) is 16.8. The van der Waals surface area contributed by atoms with Crippen LogP contribution in [0, 0.1) is 0 Å². The van der Waals surface area contributed by atoms with Crippen molar-refractivity contribution in [2.45, 2.75) is 57.2 Å². The van der Waals surface area contributed by atoms with Crippen molar-refractivity contribution in [3.63, 3.8) is 0 Å². The Balaban J connectivity index is 1.36. The van der Waals surface area contributed by atoms with Gasteiger partial charge in [0.15, 0.2) is 0 Å². The van der Waals surface area contributed by atoms with Gasteiger partial charge in [0.1, 0.15) is 0 Å². The molecule has 2 aromatic rings. The van der Waals surface area contributed by atoms with Gasteiger partial charge in [0.05, 0.1) is 24.4 Å². The summed E-state index contributed by atoms with van der Waals surface area (Å²) in [7, 11) is 0. The topological polar surface area (TPSA) is 68.1 Å². The van der Waals surface area contributed by atoms with Crippen LogP contribution in [0.3, 0.4) is 0 Å². The third-order valence-corrected chi connectivity index (χ3v) is 6.30. The zero-order valence-corrected chi connectivity index (χ0v) is 17.6. The first-order chi connectivity index (χ1) is 13.8. The highest BCUT2D eigenvalue weighted by Crippen LogP contribution is 2.28. The molecular weight excluding hydrogens is 372 g/mol. The molecule has 8 heteroatoms. The lowest BCUT2D eigenvalue weighted by atomic mass is 9.98. The van der Waals surface area contributed by atoms with Gasteiger partial charge in [0, 0.05) is 37.2 Å². The second-order valence-corrected chi connectivity index (χ2v) is 8.17. The highest BCUT2D eigenvalue weighted by Gasteiger charge is 2.32. The average molecular weight is 403 g/mol. The van der Waals surface area contributed by atoms with E-state index in [1.54, 1.807) is 24.3 Å². The maximum atomic E-state index is 6.41. The molecule has 0 aromatic carbocycles. The van der Waals surface area contributed by atoms with Gasteiger partial charge in [-0.05, 0) is 50.5 Å². The molecule has 7 nitrogen and oxygen atoms in total. The summed E-state index contributed by atoms with van der Waals surface area (Å²) in [5.74, 6) is 0.825. The molecule has 0 spiro atoms. The molecule has 4 heterocycles. The lowest BCUT2D eigenvalue weighted by Crippen LogP contribution is -2.43. The van der Waals surface area contributed by atoms with E-state index in [0.717, 1.165) is 51.1 Å². The molecule has 1 fully saturated rings. The number of hydrogen-bond acceptors (Lipinski definition) is 7. The molecule has 0 saturated carbocycles. The summed E-state index contributed by atoms with van der Waals surface area (Å²) >= 11 is 1.69. The first-order valence-corrected chi connectivity index (χ1v) is 11.5. The third-order valence-electron chi connectivity index (χ3n) is 5.76. The summed E-state index contributed by atoms with van der Waals surface area (Å²) in [6.07, 6.45) is 11.2. The normalized spacial score (nSPS) is 23.0. The Bertz CT molecular complexity index is 746. The Labute approximate surface area is 171 Å². The van der Waals surface area contributed by atoms with Crippen molar-refractivity contribution < 1.29 is 4.74 Å². The number of ether oxygens (including phenoxy) is 1. The summed E-state index contributed by atoms with van der Waals surface area (Å²) in [5, 5.41) is 4.86. The minimum atomic E-state index is 0.256. The van der Waals surface area contributed by atoms with Gasteiger partial charge in [0.25, 0.3) is 0 Å². The third kappa shape index (κ3) is 4.34. The van der Waals surface area contributed by atoms with Gasteiger partial charge in [-0.2, -0.15) is 5.10 Å². The van der Waals surface area contributed by atoms with Gasteiger partial charge in [0.2, 0.25) is 5.95 Å². The number of aromatic nitrogens is 4. The van der Waals surface area contributed by atoms with E-state index in [9.17, 15) is 0 Å². The monoisotopic (exact) mass is 402 g/mol. The van der Waals surface area contributed by atoms with Gasteiger partial charge in [-0.1, -0.05) is 18.9 Å². The molecule has 1 saturated heterocycles. The smallest absolute Gasteiger partial charge is 0.225 e. The summed E-state index contributed by atoms with van der Waals surface area (Å²) in [5.41, 5.74) is 2.53. The molecule has 152 valence electrons. The van der Waals surface area contributed by atoms with Gasteiger partial charge >= 0.3 is 0 Å². The largest absolute Gasteiger partial charge is 0.376 e. The zero-order chi connectivity index (χ0) is 19.3. The Morgan fingerprint density at radius 3 is 2.71 bits per heavy atom. The molecule has 0 radical (unpaired) electrons. The number of nitrogens with one attached hydrogen (secondary N) is 1. The van der Waals surface area contributed by atoms with E-state index in [2.05, 4.69) is 43.5 Å². The number of fused-ring (bicyclic) bond motifs is 1. The van der Waals surface area contributed by atoms with Crippen LogP contribution in [0.15, 0.2) is 24.5 Å². The number of piperidine rings is 1. The quantitative estimate of drug-likeness (QED) is 0.714. The number of aryl methyl sites for hydroxylation is 2. The molecule has 28 heavy (non-hydrogen) atoms. The summed E-state index contributed by atoms with van der Waals surface area (Å²) in [6.45, 7) is 4.77. The minimum absolute atomic E-state index is 0.256. The van der Waals surface area contributed by atoms with Gasteiger partial charge < -0.3 is 9.64 Å². The van der Waals surface area contributed by atoms with E-state index >= 15 is 0 Å². The lowest BCUT2D eigenvalue weighted by molar-refractivity contribution is 0.00618. The van der Waals surface area contributed by atoms with Crippen LogP contribution in [0.5, 0.6) is 0 Å². The fourth-order valence-electron chi connectivity index (χ4n) is 4.19. The van der Waals surface area contributed by atoms with Crippen molar-refractivity contribution in [3.8, 4) is 0 Å². The Kier molecular flexibility index (Phi) is 6.49. The second kappa shape index (κ2) is 9.24. The SMILES string of the molecule is CCc1cc2n(n1)C(COC1CCN(c3ncccn3)CC1)C(NSC)CC2. The Hall–Kier alpha value is -1.64. The van der Waals surface area contributed by atoms with Crippen LogP contribution >= 0.6 is 11.9 Å². The van der Waals surface area contributed by atoms with E-state index in [0.29, 0.717) is 18.8 Å².